The first-order valence-electron chi connectivity index (χ1n) is 3.90. The minimum absolute atomic E-state index is 0.0665. The van der Waals surface area contributed by atoms with Crippen LogP contribution in [0.5, 0.6) is 0 Å². The maximum Gasteiger partial charge on any atom is 0.269 e. The zero-order valence-corrected chi connectivity index (χ0v) is 8.77. The predicted molar refractivity (Wildman–Crippen MR) is 55.1 cm³/mol. The number of nitriles is 1. The fourth-order valence-corrected chi connectivity index (χ4v) is 1.38. The molecule has 1 rings (SSSR count). The molecule has 14 heavy (non-hydrogen) atoms. The molecule has 5 heteroatoms. The smallest absolute Gasteiger partial charge is 0.258 e. The van der Waals surface area contributed by atoms with E-state index in [1.165, 1.54) is 12.1 Å². The number of alkyl halides is 1. The number of halogens is 1. The van der Waals surface area contributed by atoms with Crippen molar-refractivity contribution in [2.24, 2.45) is 0 Å². The number of non-ortho nitro benzene ring substituents is 1. The first-order chi connectivity index (χ1) is 6.63. The molecule has 0 aliphatic heterocycles. The molecule has 0 bridgehead atoms. The molecular weight excluding hydrogens is 248 g/mol. The van der Waals surface area contributed by atoms with Gasteiger partial charge in [-0.3, -0.25) is 10.1 Å². The third-order valence-electron chi connectivity index (χ3n) is 1.70. The van der Waals surface area contributed by atoms with Crippen molar-refractivity contribution in [3.05, 3.63) is 39.9 Å². The Morgan fingerprint density at radius 2 is 2.07 bits per heavy atom. The third-order valence-corrected chi connectivity index (χ3v) is 2.23. The van der Waals surface area contributed by atoms with E-state index in [0.29, 0.717) is 6.42 Å². The van der Waals surface area contributed by atoms with Crippen LogP contribution in [0.25, 0.3) is 0 Å². The van der Waals surface area contributed by atoms with E-state index in [-0.39, 0.29) is 10.5 Å². The highest BCUT2D eigenvalue weighted by Crippen LogP contribution is 2.14. The van der Waals surface area contributed by atoms with Crippen molar-refractivity contribution in [3.8, 4) is 6.07 Å². The van der Waals surface area contributed by atoms with E-state index in [1.54, 1.807) is 12.1 Å². The quantitative estimate of drug-likeness (QED) is 0.473. The Bertz CT molecular complexity index is 369. The molecule has 0 fully saturated rings. The minimum atomic E-state index is -0.445. The maximum absolute atomic E-state index is 10.3. The van der Waals surface area contributed by atoms with Crippen LogP contribution in [0.15, 0.2) is 24.3 Å². The van der Waals surface area contributed by atoms with Crippen LogP contribution in [0.4, 0.5) is 5.69 Å². The standard InChI is InChI=1S/C9H7BrN2O2/c10-8(6-11)5-7-1-3-9(4-2-7)12(13)14/h1-4,8H,5H2/t8-/m0/s1. The third kappa shape index (κ3) is 2.82. The summed E-state index contributed by atoms with van der Waals surface area (Å²) in [4.78, 5) is 9.64. The first kappa shape index (κ1) is 10.7. The normalized spacial score (nSPS) is 11.7. The summed E-state index contributed by atoms with van der Waals surface area (Å²) < 4.78 is 0. The molecule has 0 unspecified atom stereocenters. The summed E-state index contributed by atoms with van der Waals surface area (Å²) in [7, 11) is 0. The van der Waals surface area contributed by atoms with Gasteiger partial charge in [0.25, 0.3) is 5.69 Å². The lowest BCUT2D eigenvalue weighted by Crippen LogP contribution is -1.98. The largest absolute Gasteiger partial charge is 0.269 e. The number of nitro benzene ring substituents is 1. The lowest BCUT2D eigenvalue weighted by molar-refractivity contribution is -0.384. The number of rotatable bonds is 3. The molecule has 0 saturated heterocycles. The molecule has 0 spiro atoms. The number of benzene rings is 1. The van der Waals surface area contributed by atoms with Crippen LogP contribution in [-0.2, 0) is 6.42 Å². The molecule has 72 valence electrons. The van der Waals surface area contributed by atoms with Crippen molar-refractivity contribution in [2.45, 2.75) is 11.2 Å². The SMILES string of the molecule is N#C[C@@H](Br)Cc1ccc([N+](=O)[O-])cc1. The molecule has 0 aromatic heterocycles. The fourth-order valence-electron chi connectivity index (χ4n) is 1.01. The molecule has 0 N–H and O–H groups in total. The Kier molecular flexibility index (Phi) is 3.60. The predicted octanol–water partition coefficient (Wildman–Crippen LogP) is 2.42. The Hall–Kier alpha value is -1.41. The van der Waals surface area contributed by atoms with Gasteiger partial charge in [0.2, 0.25) is 0 Å². The van der Waals surface area contributed by atoms with Crippen molar-refractivity contribution in [2.75, 3.05) is 0 Å². The summed E-state index contributed by atoms with van der Waals surface area (Å²) in [6, 6.07) is 8.22. The number of nitro groups is 1. The Morgan fingerprint density at radius 3 is 2.50 bits per heavy atom. The van der Waals surface area contributed by atoms with Crippen LogP contribution < -0.4 is 0 Å². The van der Waals surface area contributed by atoms with Gasteiger partial charge in [-0.1, -0.05) is 28.1 Å². The van der Waals surface area contributed by atoms with Crippen molar-refractivity contribution >= 4 is 21.6 Å². The topological polar surface area (TPSA) is 66.9 Å². The van der Waals surface area contributed by atoms with Gasteiger partial charge in [0.15, 0.2) is 0 Å². The molecule has 1 aromatic rings. The second kappa shape index (κ2) is 4.72. The molecule has 1 aromatic carbocycles. The van der Waals surface area contributed by atoms with E-state index in [9.17, 15) is 10.1 Å². The van der Waals surface area contributed by atoms with Gasteiger partial charge in [-0.2, -0.15) is 5.26 Å². The summed E-state index contributed by atoms with van der Waals surface area (Å²) in [6.07, 6.45) is 0.550. The molecule has 0 radical (unpaired) electrons. The summed E-state index contributed by atoms with van der Waals surface area (Å²) in [5.41, 5.74) is 0.968. The van der Waals surface area contributed by atoms with Crippen LogP contribution >= 0.6 is 15.9 Å². The van der Waals surface area contributed by atoms with Crippen molar-refractivity contribution in [3.63, 3.8) is 0 Å². The zero-order chi connectivity index (χ0) is 10.6. The molecule has 0 aliphatic carbocycles. The Morgan fingerprint density at radius 1 is 1.50 bits per heavy atom. The zero-order valence-electron chi connectivity index (χ0n) is 7.18. The van der Waals surface area contributed by atoms with Crippen LogP contribution in [0.3, 0.4) is 0 Å². The average molecular weight is 255 g/mol. The van der Waals surface area contributed by atoms with Gasteiger partial charge in [-0.25, -0.2) is 0 Å². The van der Waals surface area contributed by atoms with Gasteiger partial charge in [0.1, 0.15) is 4.83 Å². The van der Waals surface area contributed by atoms with E-state index < -0.39 is 4.92 Å². The second-order valence-corrected chi connectivity index (χ2v) is 3.83. The van der Waals surface area contributed by atoms with Crippen LogP contribution in [0.1, 0.15) is 5.56 Å². The molecule has 4 nitrogen and oxygen atoms in total. The van der Waals surface area contributed by atoms with Crippen LogP contribution in [0.2, 0.25) is 0 Å². The summed E-state index contributed by atoms with van der Waals surface area (Å²) in [5, 5.41) is 18.9. The van der Waals surface area contributed by atoms with E-state index in [4.69, 9.17) is 5.26 Å². The van der Waals surface area contributed by atoms with E-state index in [0.717, 1.165) is 5.56 Å². The van der Waals surface area contributed by atoms with Gasteiger partial charge in [0.05, 0.1) is 11.0 Å². The lowest BCUT2D eigenvalue weighted by Gasteiger charge is -2.00. The molecule has 0 amide bonds. The first-order valence-corrected chi connectivity index (χ1v) is 4.82. The van der Waals surface area contributed by atoms with Crippen molar-refractivity contribution in [1.29, 1.82) is 5.26 Å². The maximum atomic E-state index is 10.3. The molecule has 0 heterocycles. The fraction of sp³-hybridized carbons (Fsp3) is 0.222. The Labute approximate surface area is 89.4 Å². The van der Waals surface area contributed by atoms with Crippen LogP contribution in [0, 0.1) is 21.4 Å². The van der Waals surface area contributed by atoms with Gasteiger partial charge in [0, 0.05) is 12.1 Å². The van der Waals surface area contributed by atoms with Crippen molar-refractivity contribution < 1.29 is 4.92 Å². The molecule has 0 saturated carbocycles. The average Bonchev–Trinajstić information content (AvgIpc) is 2.18. The Balaban J connectivity index is 2.75. The van der Waals surface area contributed by atoms with Gasteiger partial charge < -0.3 is 0 Å². The van der Waals surface area contributed by atoms with E-state index >= 15 is 0 Å². The minimum Gasteiger partial charge on any atom is -0.258 e. The highest BCUT2D eigenvalue weighted by Gasteiger charge is 2.06. The van der Waals surface area contributed by atoms with Gasteiger partial charge >= 0.3 is 0 Å². The monoisotopic (exact) mass is 254 g/mol. The van der Waals surface area contributed by atoms with Gasteiger partial charge in [-0.15, -0.1) is 0 Å². The highest BCUT2D eigenvalue weighted by atomic mass is 79.9. The molecular formula is C9H7BrN2O2. The molecule has 1 atom stereocenters. The van der Waals surface area contributed by atoms with Gasteiger partial charge in [-0.05, 0) is 12.0 Å². The number of hydrogen-bond acceptors (Lipinski definition) is 3. The summed E-state index contributed by atoms with van der Waals surface area (Å²) in [5.74, 6) is 0. The van der Waals surface area contributed by atoms with Crippen LogP contribution in [-0.4, -0.2) is 9.75 Å². The number of nitrogens with zero attached hydrogens (tertiary/aromatic N) is 2. The lowest BCUT2D eigenvalue weighted by atomic mass is 10.1. The summed E-state index contributed by atoms with van der Waals surface area (Å²) >= 11 is 3.17. The summed E-state index contributed by atoms with van der Waals surface area (Å²) in [6.45, 7) is 0. The second-order valence-electron chi connectivity index (χ2n) is 2.72. The van der Waals surface area contributed by atoms with E-state index in [2.05, 4.69) is 15.9 Å². The molecule has 0 aliphatic rings. The number of hydrogen-bond donors (Lipinski definition) is 0. The highest BCUT2D eigenvalue weighted by molar-refractivity contribution is 9.09. The van der Waals surface area contributed by atoms with E-state index in [1.807, 2.05) is 6.07 Å². The van der Waals surface area contributed by atoms with Crippen molar-refractivity contribution in [1.82, 2.24) is 0 Å².